The van der Waals surface area contributed by atoms with Crippen LogP contribution in [0.2, 0.25) is 0 Å². The van der Waals surface area contributed by atoms with E-state index in [1.807, 2.05) is 24.3 Å². The molecule has 0 aliphatic heterocycles. The van der Waals surface area contributed by atoms with Gasteiger partial charge in [-0.2, -0.15) is 0 Å². The highest BCUT2D eigenvalue weighted by Gasteiger charge is 2.26. The van der Waals surface area contributed by atoms with E-state index in [0.717, 1.165) is 22.7 Å². The van der Waals surface area contributed by atoms with E-state index >= 15 is 0 Å². The van der Waals surface area contributed by atoms with Crippen LogP contribution in [-0.2, 0) is 16.0 Å². The van der Waals surface area contributed by atoms with Crippen LogP contribution < -0.4 is 28.3 Å². The normalized spacial score (nSPS) is 12.6. The summed E-state index contributed by atoms with van der Waals surface area (Å²) in [5.41, 5.74) is 23.4. The number of nitrogens with two attached hydrogens (primary N) is 4. The van der Waals surface area contributed by atoms with E-state index in [1.54, 1.807) is 0 Å². The predicted molar refractivity (Wildman–Crippen MR) is 136 cm³/mol. The number of carbonyl (C=O) groups is 2. The average molecular weight is 514 g/mol. The van der Waals surface area contributed by atoms with Crippen molar-refractivity contribution in [2.75, 3.05) is 6.54 Å². The van der Waals surface area contributed by atoms with Crippen molar-refractivity contribution in [3.05, 3.63) is 58.3 Å². The number of aromatic amines is 1. The summed E-state index contributed by atoms with van der Waals surface area (Å²) in [5, 5.41) is 15.6. The smallest absolute Gasteiger partial charge is 0.301 e. The maximum absolute atomic E-state index is 12.6. The van der Waals surface area contributed by atoms with E-state index in [2.05, 4.69) is 20.3 Å². The molecule has 0 aliphatic rings. The first kappa shape index (κ1) is 26.4. The lowest BCUT2D eigenvalue weighted by Crippen LogP contribution is -2.51. The molecule has 2 atom stereocenters. The third-order valence-electron chi connectivity index (χ3n) is 5.29. The number of aromatic nitrogens is 2. The molecule has 10 N–H and O–H groups in total. The van der Waals surface area contributed by atoms with Gasteiger partial charge in [0.2, 0.25) is 11.8 Å². The number of nitrogens with zero attached hydrogens (tertiary/aromatic N) is 3. The molecule has 14 heteroatoms. The highest BCUT2D eigenvalue weighted by Crippen LogP contribution is 2.37. The summed E-state index contributed by atoms with van der Waals surface area (Å²) in [6, 6.07) is 8.20. The van der Waals surface area contributed by atoms with Crippen LogP contribution in [0.15, 0.2) is 57.6 Å². The molecule has 0 aliphatic carbocycles. The summed E-state index contributed by atoms with van der Waals surface area (Å²) in [6.45, 7) is 0.318. The van der Waals surface area contributed by atoms with Crippen molar-refractivity contribution >= 4 is 46.1 Å². The molecule has 0 fully saturated rings. The number of primary amides is 1. The maximum Gasteiger partial charge on any atom is 0.301 e. The number of guanidine groups is 1. The van der Waals surface area contributed by atoms with Gasteiger partial charge in [-0.15, -0.1) is 0 Å². The second kappa shape index (κ2) is 12.0. The largest absolute Gasteiger partial charge is 0.370 e. The van der Waals surface area contributed by atoms with Gasteiger partial charge in [-0.1, -0.05) is 18.2 Å². The van der Waals surface area contributed by atoms with Gasteiger partial charge in [0.25, 0.3) is 0 Å². The number of pyridine rings is 1. The molecule has 2 amide bonds. The Morgan fingerprint density at radius 3 is 2.64 bits per heavy atom. The van der Waals surface area contributed by atoms with Crippen LogP contribution in [0.3, 0.4) is 0 Å². The van der Waals surface area contributed by atoms with Gasteiger partial charge in [0, 0.05) is 36.1 Å². The van der Waals surface area contributed by atoms with Gasteiger partial charge < -0.3 is 33.2 Å². The molecule has 2 aromatic heterocycles. The van der Waals surface area contributed by atoms with E-state index in [9.17, 15) is 19.7 Å². The lowest BCUT2D eigenvalue weighted by atomic mass is 10.0. The number of aliphatic imine (C=N–C) groups is 1. The number of H-pyrrole nitrogens is 1. The number of benzene rings is 1. The molecule has 190 valence electrons. The first-order chi connectivity index (χ1) is 17.2. The zero-order valence-electron chi connectivity index (χ0n) is 19.2. The van der Waals surface area contributed by atoms with Crippen molar-refractivity contribution in [1.29, 1.82) is 0 Å². The third kappa shape index (κ3) is 6.70. The minimum atomic E-state index is -1.07. The molecule has 0 saturated carbocycles. The standard InChI is InChI=1S/C22H27N9O4S/c23-14(6-3-10-28-22(25)26)19(33)29-16(18(24)32)11-13-12-5-1-2-7-15(12)30-20(13)36-21-17(31(34)35)8-4-9-27-21/h1-2,4-5,7-9,14,16,30H,3,6,10-11,23H2,(H2,24,32)(H,29,33)(H4,25,26,28)/t14-,16-/m0/s1. The van der Waals surface area contributed by atoms with Gasteiger partial charge in [-0.05, 0) is 42.3 Å². The Labute approximate surface area is 210 Å². The zero-order valence-corrected chi connectivity index (χ0v) is 20.0. The summed E-state index contributed by atoms with van der Waals surface area (Å²) in [4.78, 5) is 47.1. The number of hydrogen-bond donors (Lipinski definition) is 6. The molecular weight excluding hydrogens is 486 g/mol. The highest BCUT2D eigenvalue weighted by atomic mass is 32.2. The summed E-state index contributed by atoms with van der Waals surface area (Å²) < 4.78 is 0. The summed E-state index contributed by atoms with van der Waals surface area (Å²) in [7, 11) is 0. The summed E-state index contributed by atoms with van der Waals surface area (Å²) >= 11 is 1.06. The van der Waals surface area contributed by atoms with Crippen molar-refractivity contribution in [2.24, 2.45) is 27.9 Å². The monoisotopic (exact) mass is 513 g/mol. The minimum Gasteiger partial charge on any atom is -0.370 e. The molecular formula is C22H27N9O4S. The molecule has 13 nitrogen and oxygen atoms in total. The fourth-order valence-corrected chi connectivity index (χ4v) is 4.55. The molecule has 3 aromatic rings. The molecule has 0 radical (unpaired) electrons. The van der Waals surface area contributed by atoms with Crippen molar-refractivity contribution in [3.63, 3.8) is 0 Å². The van der Waals surface area contributed by atoms with Crippen LogP contribution in [0.5, 0.6) is 0 Å². The van der Waals surface area contributed by atoms with Gasteiger partial charge in [-0.3, -0.25) is 24.7 Å². The molecule has 1 aromatic carbocycles. The average Bonchev–Trinajstić information content (AvgIpc) is 3.17. The number of hydrogen-bond acceptors (Lipinski definition) is 8. The molecule has 0 spiro atoms. The van der Waals surface area contributed by atoms with Gasteiger partial charge in [-0.25, -0.2) is 4.98 Å². The summed E-state index contributed by atoms with van der Waals surface area (Å²) in [6.07, 6.45) is 2.26. The number of amides is 2. The number of para-hydroxylation sites is 1. The molecule has 0 bridgehead atoms. The Hall–Kier alpha value is -4.17. The Morgan fingerprint density at radius 1 is 1.19 bits per heavy atom. The second-order valence-electron chi connectivity index (χ2n) is 7.89. The number of nitrogens with one attached hydrogen (secondary N) is 2. The van der Waals surface area contributed by atoms with E-state index in [-0.39, 0.29) is 23.1 Å². The quantitative estimate of drug-likeness (QED) is 0.0649. The molecule has 0 saturated heterocycles. The first-order valence-electron chi connectivity index (χ1n) is 10.9. The van der Waals surface area contributed by atoms with Gasteiger partial charge >= 0.3 is 5.69 Å². The van der Waals surface area contributed by atoms with Crippen LogP contribution in [0.1, 0.15) is 18.4 Å². The van der Waals surface area contributed by atoms with Crippen LogP contribution in [-0.4, -0.2) is 51.3 Å². The van der Waals surface area contributed by atoms with Crippen molar-refractivity contribution in [1.82, 2.24) is 15.3 Å². The van der Waals surface area contributed by atoms with Gasteiger partial charge in [0.15, 0.2) is 11.0 Å². The third-order valence-corrected chi connectivity index (χ3v) is 6.35. The summed E-state index contributed by atoms with van der Waals surface area (Å²) in [5.74, 6) is -1.34. The Kier molecular flexibility index (Phi) is 8.81. The molecule has 0 unspecified atom stereocenters. The van der Waals surface area contributed by atoms with Crippen molar-refractivity contribution < 1.29 is 14.5 Å². The first-order valence-corrected chi connectivity index (χ1v) is 11.8. The van der Waals surface area contributed by atoms with Crippen molar-refractivity contribution in [2.45, 2.75) is 41.4 Å². The van der Waals surface area contributed by atoms with Crippen LogP contribution in [0.25, 0.3) is 10.9 Å². The topological polar surface area (TPSA) is 234 Å². The Bertz CT molecular complexity index is 1290. The van der Waals surface area contributed by atoms with Crippen LogP contribution in [0.4, 0.5) is 5.69 Å². The van der Waals surface area contributed by atoms with E-state index in [0.29, 0.717) is 30.0 Å². The second-order valence-corrected chi connectivity index (χ2v) is 8.89. The lowest BCUT2D eigenvalue weighted by Gasteiger charge is -2.19. The van der Waals surface area contributed by atoms with E-state index in [4.69, 9.17) is 22.9 Å². The fourth-order valence-electron chi connectivity index (χ4n) is 3.52. The van der Waals surface area contributed by atoms with Crippen molar-refractivity contribution in [3.8, 4) is 0 Å². The van der Waals surface area contributed by atoms with E-state index in [1.165, 1.54) is 18.3 Å². The van der Waals surface area contributed by atoms with Crippen LogP contribution in [0, 0.1) is 10.1 Å². The lowest BCUT2D eigenvalue weighted by molar-refractivity contribution is -0.388. The van der Waals surface area contributed by atoms with Gasteiger partial charge in [0.05, 0.1) is 16.0 Å². The number of fused-ring (bicyclic) bond motifs is 1. The molecule has 2 heterocycles. The van der Waals surface area contributed by atoms with E-state index < -0.39 is 28.8 Å². The Balaban J connectivity index is 1.84. The number of nitro groups is 1. The minimum absolute atomic E-state index is 0.0365. The van der Waals surface area contributed by atoms with Gasteiger partial charge in [0.1, 0.15) is 6.04 Å². The number of carbonyl (C=O) groups excluding carboxylic acids is 2. The SMILES string of the molecule is NC(=O)[C@H](Cc1c(Sc2ncccc2[N+](=O)[O-])[nH]c2ccccc12)NC(=O)[C@@H](N)CCCN=C(N)N. The molecule has 3 rings (SSSR count). The number of rotatable bonds is 12. The Morgan fingerprint density at radius 2 is 1.94 bits per heavy atom. The fraction of sp³-hybridized carbons (Fsp3) is 0.273. The predicted octanol–water partition coefficient (Wildman–Crippen LogP) is 0.516. The maximum atomic E-state index is 12.6. The van der Waals surface area contributed by atoms with Crippen LogP contribution >= 0.6 is 11.8 Å². The molecule has 36 heavy (non-hydrogen) atoms. The zero-order chi connectivity index (χ0) is 26.2. The highest BCUT2D eigenvalue weighted by molar-refractivity contribution is 7.99.